The van der Waals surface area contributed by atoms with Gasteiger partial charge in [0.1, 0.15) is 6.04 Å². The number of carbonyl (C=O) groups excluding carboxylic acids is 2. The number of nitrogens with one attached hydrogen (secondary N) is 1. The number of rotatable bonds is 10. The summed E-state index contributed by atoms with van der Waals surface area (Å²) < 4.78 is 0. The van der Waals surface area contributed by atoms with Gasteiger partial charge in [-0.2, -0.15) is 0 Å². The number of hydrogen-bond donors (Lipinski definition) is 1. The van der Waals surface area contributed by atoms with E-state index in [1.54, 1.807) is 24.1 Å². The zero-order valence-electron chi connectivity index (χ0n) is 19.3. The molecule has 0 saturated carbocycles. The van der Waals surface area contributed by atoms with Crippen LogP contribution >= 0.6 is 11.6 Å². The summed E-state index contributed by atoms with van der Waals surface area (Å²) in [7, 11) is 1.61. The second kappa shape index (κ2) is 12.2. The van der Waals surface area contributed by atoms with E-state index in [9.17, 15) is 9.59 Å². The van der Waals surface area contributed by atoms with Gasteiger partial charge < -0.3 is 10.2 Å². The zero-order valence-corrected chi connectivity index (χ0v) is 20.0. The highest BCUT2D eigenvalue weighted by Gasteiger charge is 2.29. The number of aryl methyl sites for hydroxylation is 2. The predicted molar refractivity (Wildman–Crippen MR) is 134 cm³/mol. The van der Waals surface area contributed by atoms with E-state index in [2.05, 4.69) is 36.5 Å². The maximum absolute atomic E-state index is 13.5. The van der Waals surface area contributed by atoms with Crippen LogP contribution in [0, 0.1) is 0 Å². The lowest BCUT2D eigenvalue weighted by molar-refractivity contribution is -0.141. The highest BCUT2D eigenvalue weighted by Crippen LogP contribution is 2.18. The van der Waals surface area contributed by atoms with E-state index in [0.29, 0.717) is 30.8 Å². The molecule has 0 aliphatic carbocycles. The van der Waals surface area contributed by atoms with Crippen molar-refractivity contribution < 1.29 is 9.59 Å². The van der Waals surface area contributed by atoms with Crippen molar-refractivity contribution in [1.82, 2.24) is 10.2 Å². The van der Waals surface area contributed by atoms with Crippen molar-refractivity contribution in [3.8, 4) is 0 Å². The first-order valence-electron chi connectivity index (χ1n) is 11.4. The lowest BCUT2D eigenvalue weighted by Gasteiger charge is -2.31. The minimum absolute atomic E-state index is 0.0472. The molecule has 1 N–H and O–H groups in total. The van der Waals surface area contributed by atoms with E-state index in [0.717, 1.165) is 23.1 Å². The Bertz CT molecular complexity index is 1030. The molecule has 1 atom stereocenters. The second-order valence-corrected chi connectivity index (χ2v) is 8.57. The Morgan fingerprint density at radius 1 is 0.848 bits per heavy atom. The maximum Gasteiger partial charge on any atom is 0.242 e. The summed E-state index contributed by atoms with van der Waals surface area (Å²) in [4.78, 5) is 28.1. The molecule has 0 heterocycles. The summed E-state index contributed by atoms with van der Waals surface area (Å²) in [6.45, 7) is 2.47. The third-order valence-corrected chi connectivity index (χ3v) is 6.09. The van der Waals surface area contributed by atoms with E-state index in [1.165, 1.54) is 5.56 Å². The molecule has 0 aromatic heterocycles. The topological polar surface area (TPSA) is 49.4 Å². The quantitative estimate of drug-likeness (QED) is 0.449. The molecule has 172 valence electrons. The molecular formula is C28H31ClN2O2. The van der Waals surface area contributed by atoms with E-state index >= 15 is 0 Å². The Labute approximate surface area is 201 Å². The number of likely N-dealkylation sites (N-methyl/N-ethyl adjacent to an activating group) is 1. The number of benzene rings is 3. The van der Waals surface area contributed by atoms with Gasteiger partial charge in [-0.3, -0.25) is 9.59 Å². The number of nitrogens with zero attached hydrogens (tertiary/aromatic N) is 1. The van der Waals surface area contributed by atoms with E-state index in [4.69, 9.17) is 11.6 Å². The van der Waals surface area contributed by atoms with Crippen molar-refractivity contribution in [1.29, 1.82) is 0 Å². The Balaban J connectivity index is 1.84. The SMILES string of the molecule is CCc1ccc(CCC(=O)N(Cc2ccc(Cl)cc2)C(Cc2ccccc2)C(=O)NC)cc1. The van der Waals surface area contributed by atoms with Crippen LogP contribution in [0.2, 0.25) is 5.02 Å². The van der Waals surface area contributed by atoms with Crippen molar-refractivity contribution >= 4 is 23.4 Å². The molecule has 0 aliphatic rings. The summed E-state index contributed by atoms with van der Waals surface area (Å²) >= 11 is 6.05. The summed E-state index contributed by atoms with van der Waals surface area (Å²) in [5, 5.41) is 3.39. The lowest BCUT2D eigenvalue weighted by Crippen LogP contribution is -2.49. The molecule has 5 heteroatoms. The zero-order chi connectivity index (χ0) is 23.6. The molecule has 3 aromatic carbocycles. The normalized spacial score (nSPS) is 11.6. The standard InChI is InChI=1S/C28H31ClN2O2/c1-3-21-9-11-22(12-10-21)15-18-27(32)31(20-24-13-16-25(29)17-14-24)26(28(33)30-2)19-23-7-5-4-6-8-23/h4-14,16-17,26H,3,15,18-20H2,1-2H3,(H,30,33). The van der Waals surface area contributed by atoms with E-state index in [1.807, 2.05) is 42.5 Å². The monoisotopic (exact) mass is 462 g/mol. The molecular weight excluding hydrogens is 432 g/mol. The van der Waals surface area contributed by atoms with Gasteiger partial charge in [-0.05, 0) is 47.2 Å². The van der Waals surface area contributed by atoms with Gasteiger partial charge in [0.15, 0.2) is 0 Å². The minimum atomic E-state index is -0.608. The van der Waals surface area contributed by atoms with Gasteiger partial charge >= 0.3 is 0 Å². The predicted octanol–water partition coefficient (Wildman–Crippen LogP) is 5.22. The first kappa shape index (κ1) is 24.5. The second-order valence-electron chi connectivity index (χ2n) is 8.14. The van der Waals surface area contributed by atoms with Crippen LogP contribution in [0.4, 0.5) is 0 Å². The van der Waals surface area contributed by atoms with Gasteiger partial charge in [-0.15, -0.1) is 0 Å². The summed E-state index contributed by atoms with van der Waals surface area (Å²) in [5.74, 6) is -0.220. The molecule has 2 amide bonds. The van der Waals surface area contributed by atoms with Crippen molar-refractivity contribution in [2.75, 3.05) is 7.05 Å². The molecule has 1 unspecified atom stereocenters. The Hall–Kier alpha value is -3.11. The smallest absolute Gasteiger partial charge is 0.242 e. The van der Waals surface area contributed by atoms with Crippen LogP contribution in [0.25, 0.3) is 0 Å². The number of hydrogen-bond acceptors (Lipinski definition) is 2. The Morgan fingerprint density at radius 2 is 1.45 bits per heavy atom. The average molecular weight is 463 g/mol. The molecule has 3 rings (SSSR count). The fourth-order valence-electron chi connectivity index (χ4n) is 3.84. The molecule has 0 spiro atoms. The summed E-state index contributed by atoms with van der Waals surface area (Å²) in [6, 6.07) is 25.0. The fourth-order valence-corrected chi connectivity index (χ4v) is 3.97. The molecule has 0 bridgehead atoms. The van der Waals surface area contributed by atoms with Crippen LogP contribution in [0.5, 0.6) is 0 Å². The van der Waals surface area contributed by atoms with Crippen molar-refractivity contribution in [3.05, 3.63) is 106 Å². The maximum atomic E-state index is 13.5. The number of carbonyl (C=O) groups is 2. The van der Waals surface area contributed by atoms with Crippen LogP contribution in [0.3, 0.4) is 0 Å². The first-order chi connectivity index (χ1) is 16.0. The van der Waals surface area contributed by atoms with Crippen molar-refractivity contribution in [2.45, 2.75) is 45.2 Å². The third kappa shape index (κ3) is 7.19. The molecule has 0 aliphatic heterocycles. The largest absolute Gasteiger partial charge is 0.357 e. The van der Waals surface area contributed by atoms with Crippen LogP contribution in [-0.4, -0.2) is 29.8 Å². The van der Waals surface area contributed by atoms with Gasteiger partial charge in [0.05, 0.1) is 0 Å². The molecule has 0 fully saturated rings. The Kier molecular flexibility index (Phi) is 9.08. The Morgan fingerprint density at radius 3 is 2.06 bits per heavy atom. The first-order valence-corrected chi connectivity index (χ1v) is 11.7. The third-order valence-electron chi connectivity index (χ3n) is 5.84. The molecule has 4 nitrogen and oxygen atoms in total. The molecule has 33 heavy (non-hydrogen) atoms. The van der Waals surface area contributed by atoms with Crippen LogP contribution in [0.15, 0.2) is 78.9 Å². The van der Waals surface area contributed by atoms with Crippen LogP contribution < -0.4 is 5.32 Å². The van der Waals surface area contributed by atoms with Crippen LogP contribution in [-0.2, 0) is 35.4 Å². The fraction of sp³-hybridized carbons (Fsp3) is 0.286. The van der Waals surface area contributed by atoms with E-state index in [-0.39, 0.29) is 11.8 Å². The lowest BCUT2D eigenvalue weighted by atomic mass is 10.0. The van der Waals surface area contributed by atoms with E-state index < -0.39 is 6.04 Å². The molecule has 0 saturated heterocycles. The van der Waals surface area contributed by atoms with Crippen LogP contribution in [0.1, 0.15) is 35.6 Å². The number of halogens is 1. The average Bonchev–Trinajstić information content (AvgIpc) is 2.86. The van der Waals surface area contributed by atoms with Crippen molar-refractivity contribution in [2.24, 2.45) is 0 Å². The minimum Gasteiger partial charge on any atom is -0.357 e. The van der Waals surface area contributed by atoms with Gasteiger partial charge in [0, 0.05) is 31.5 Å². The van der Waals surface area contributed by atoms with Gasteiger partial charge in [-0.1, -0.05) is 85.3 Å². The van der Waals surface area contributed by atoms with Crippen molar-refractivity contribution in [3.63, 3.8) is 0 Å². The van der Waals surface area contributed by atoms with Gasteiger partial charge in [0.2, 0.25) is 11.8 Å². The van der Waals surface area contributed by atoms with Gasteiger partial charge in [-0.25, -0.2) is 0 Å². The van der Waals surface area contributed by atoms with Gasteiger partial charge in [0.25, 0.3) is 0 Å². The highest BCUT2D eigenvalue weighted by atomic mass is 35.5. The molecule has 3 aromatic rings. The number of amides is 2. The summed E-state index contributed by atoms with van der Waals surface area (Å²) in [6.07, 6.45) is 2.40. The highest BCUT2D eigenvalue weighted by molar-refractivity contribution is 6.30. The summed E-state index contributed by atoms with van der Waals surface area (Å²) in [5.41, 5.74) is 4.33. The molecule has 0 radical (unpaired) electrons.